The Bertz CT molecular complexity index is 331. The van der Waals surface area contributed by atoms with Crippen LogP contribution in [0.3, 0.4) is 0 Å². The van der Waals surface area contributed by atoms with E-state index in [9.17, 15) is 4.79 Å². The zero-order valence-corrected chi connectivity index (χ0v) is 8.88. The fourth-order valence-corrected chi connectivity index (χ4v) is 1.10. The molecule has 0 aromatic carbocycles. The SMILES string of the molecule is Cc1ncc(C(=O)C(C)(C)C)n1C. The summed E-state index contributed by atoms with van der Waals surface area (Å²) in [6.07, 6.45) is 1.64. The standard InChI is InChI=1S/C10H16N2O/c1-7-11-6-8(12(7)5)9(13)10(2,3)4/h6H,1-5H3. The first-order chi connectivity index (χ1) is 5.84. The summed E-state index contributed by atoms with van der Waals surface area (Å²) in [5.41, 5.74) is 0.352. The highest BCUT2D eigenvalue weighted by Gasteiger charge is 2.25. The minimum absolute atomic E-state index is 0.135. The molecule has 0 aliphatic rings. The fraction of sp³-hybridized carbons (Fsp3) is 0.600. The van der Waals surface area contributed by atoms with E-state index in [-0.39, 0.29) is 11.2 Å². The molecule has 0 amide bonds. The Morgan fingerprint density at radius 3 is 2.31 bits per heavy atom. The van der Waals surface area contributed by atoms with Crippen molar-refractivity contribution in [3.8, 4) is 0 Å². The number of imidazole rings is 1. The molecule has 0 spiro atoms. The quantitative estimate of drug-likeness (QED) is 0.619. The molecule has 0 saturated heterocycles. The summed E-state index contributed by atoms with van der Waals surface area (Å²) in [5, 5.41) is 0. The van der Waals surface area contributed by atoms with Crippen LogP contribution in [0.4, 0.5) is 0 Å². The monoisotopic (exact) mass is 180 g/mol. The number of aryl methyl sites for hydroxylation is 1. The summed E-state index contributed by atoms with van der Waals surface area (Å²) in [4.78, 5) is 15.9. The third kappa shape index (κ3) is 1.79. The van der Waals surface area contributed by atoms with Crippen molar-refractivity contribution < 1.29 is 4.79 Å². The lowest BCUT2D eigenvalue weighted by atomic mass is 9.89. The number of carbonyl (C=O) groups excluding carboxylic acids is 1. The molecule has 0 fully saturated rings. The number of hydrogen-bond donors (Lipinski definition) is 0. The average Bonchev–Trinajstić information content (AvgIpc) is 2.30. The van der Waals surface area contributed by atoms with Gasteiger partial charge in [0.2, 0.25) is 0 Å². The van der Waals surface area contributed by atoms with Crippen molar-refractivity contribution in [1.29, 1.82) is 0 Å². The van der Waals surface area contributed by atoms with E-state index in [2.05, 4.69) is 4.98 Å². The van der Waals surface area contributed by atoms with Gasteiger partial charge < -0.3 is 4.57 Å². The number of ketones is 1. The molecule has 0 aliphatic carbocycles. The highest BCUT2D eigenvalue weighted by atomic mass is 16.1. The van der Waals surface area contributed by atoms with Gasteiger partial charge in [0.15, 0.2) is 5.78 Å². The Kier molecular flexibility index (Phi) is 2.28. The first-order valence-electron chi connectivity index (χ1n) is 4.37. The maximum absolute atomic E-state index is 11.8. The molecule has 1 aromatic rings. The zero-order chi connectivity index (χ0) is 10.2. The largest absolute Gasteiger partial charge is 0.329 e. The van der Waals surface area contributed by atoms with E-state index >= 15 is 0 Å². The topological polar surface area (TPSA) is 34.9 Å². The highest BCUT2D eigenvalue weighted by molar-refractivity contribution is 5.98. The lowest BCUT2D eigenvalue weighted by Gasteiger charge is -2.16. The third-order valence-electron chi connectivity index (χ3n) is 2.13. The first-order valence-corrected chi connectivity index (χ1v) is 4.37. The van der Waals surface area contributed by atoms with E-state index in [0.29, 0.717) is 5.69 Å². The number of rotatable bonds is 1. The lowest BCUT2D eigenvalue weighted by molar-refractivity contribution is 0.0849. The summed E-state index contributed by atoms with van der Waals surface area (Å²) in [6.45, 7) is 7.63. The number of carbonyl (C=O) groups is 1. The van der Waals surface area contributed by atoms with Crippen molar-refractivity contribution in [3.63, 3.8) is 0 Å². The predicted molar refractivity (Wildman–Crippen MR) is 51.7 cm³/mol. The van der Waals surface area contributed by atoms with Crippen molar-refractivity contribution in [2.24, 2.45) is 12.5 Å². The van der Waals surface area contributed by atoms with Gasteiger partial charge >= 0.3 is 0 Å². The van der Waals surface area contributed by atoms with E-state index < -0.39 is 0 Å². The molecule has 0 atom stereocenters. The van der Waals surface area contributed by atoms with Gasteiger partial charge in [-0.05, 0) is 6.92 Å². The lowest BCUT2D eigenvalue weighted by Crippen LogP contribution is -2.22. The number of aromatic nitrogens is 2. The third-order valence-corrected chi connectivity index (χ3v) is 2.13. The van der Waals surface area contributed by atoms with Crippen molar-refractivity contribution in [2.75, 3.05) is 0 Å². The van der Waals surface area contributed by atoms with Gasteiger partial charge in [-0.1, -0.05) is 20.8 Å². The van der Waals surface area contributed by atoms with Crippen LogP contribution in [0.1, 0.15) is 37.1 Å². The van der Waals surface area contributed by atoms with Crippen LogP contribution in [0, 0.1) is 12.3 Å². The number of hydrogen-bond acceptors (Lipinski definition) is 2. The second-order valence-corrected chi connectivity index (χ2v) is 4.33. The molecule has 3 nitrogen and oxygen atoms in total. The molecule has 0 radical (unpaired) electrons. The Balaban J connectivity index is 3.10. The average molecular weight is 180 g/mol. The molecule has 0 saturated carbocycles. The van der Waals surface area contributed by atoms with Gasteiger partial charge in [0.25, 0.3) is 0 Å². The Labute approximate surface area is 78.8 Å². The maximum atomic E-state index is 11.8. The van der Waals surface area contributed by atoms with Gasteiger partial charge in [0.1, 0.15) is 11.5 Å². The normalized spacial score (nSPS) is 11.8. The predicted octanol–water partition coefficient (Wildman–Crippen LogP) is 1.96. The summed E-state index contributed by atoms with van der Waals surface area (Å²) in [5.74, 6) is 1.00. The molecule has 0 aliphatic heterocycles. The molecule has 0 unspecified atom stereocenters. The first kappa shape index (κ1) is 9.96. The fourth-order valence-electron chi connectivity index (χ4n) is 1.10. The molecule has 1 aromatic heterocycles. The Morgan fingerprint density at radius 2 is 2.00 bits per heavy atom. The van der Waals surface area contributed by atoms with Crippen molar-refractivity contribution >= 4 is 5.78 Å². The molecule has 0 bridgehead atoms. The van der Waals surface area contributed by atoms with Crippen LogP contribution in [-0.2, 0) is 7.05 Å². The molecule has 1 heterocycles. The summed E-state index contributed by atoms with van der Waals surface area (Å²) < 4.78 is 1.83. The number of nitrogens with zero attached hydrogens (tertiary/aromatic N) is 2. The van der Waals surface area contributed by atoms with Crippen LogP contribution < -0.4 is 0 Å². The second kappa shape index (κ2) is 2.98. The molecule has 3 heteroatoms. The number of Topliss-reactive ketones (excluding diaryl/α,β-unsaturated/α-hetero) is 1. The molecule has 72 valence electrons. The van der Waals surface area contributed by atoms with Crippen LogP contribution in [-0.4, -0.2) is 15.3 Å². The van der Waals surface area contributed by atoms with Crippen molar-refractivity contribution in [3.05, 3.63) is 17.7 Å². The molecule has 0 N–H and O–H groups in total. The Hall–Kier alpha value is -1.12. The maximum Gasteiger partial charge on any atom is 0.186 e. The van der Waals surface area contributed by atoms with Gasteiger partial charge in [-0.3, -0.25) is 4.79 Å². The van der Waals surface area contributed by atoms with E-state index in [0.717, 1.165) is 5.82 Å². The van der Waals surface area contributed by atoms with Crippen LogP contribution >= 0.6 is 0 Å². The molecular weight excluding hydrogens is 164 g/mol. The summed E-state index contributed by atoms with van der Waals surface area (Å²) in [6, 6.07) is 0. The second-order valence-electron chi connectivity index (χ2n) is 4.33. The van der Waals surface area contributed by atoms with Gasteiger partial charge in [-0.2, -0.15) is 0 Å². The zero-order valence-electron chi connectivity index (χ0n) is 8.88. The van der Waals surface area contributed by atoms with E-state index in [1.807, 2.05) is 39.3 Å². The smallest absolute Gasteiger partial charge is 0.186 e. The van der Waals surface area contributed by atoms with E-state index in [1.165, 1.54) is 0 Å². The van der Waals surface area contributed by atoms with Gasteiger partial charge in [0, 0.05) is 12.5 Å². The van der Waals surface area contributed by atoms with Crippen LogP contribution in [0.2, 0.25) is 0 Å². The van der Waals surface area contributed by atoms with Gasteiger partial charge in [0.05, 0.1) is 6.20 Å². The van der Waals surface area contributed by atoms with Gasteiger partial charge in [-0.15, -0.1) is 0 Å². The minimum Gasteiger partial charge on any atom is -0.329 e. The van der Waals surface area contributed by atoms with Crippen LogP contribution in [0.25, 0.3) is 0 Å². The van der Waals surface area contributed by atoms with Crippen LogP contribution in [0.5, 0.6) is 0 Å². The van der Waals surface area contributed by atoms with Gasteiger partial charge in [-0.25, -0.2) is 4.98 Å². The van der Waals surface area contributed by atoms with Crippen LogP contribution in [0.15, 0.2) is 6.20 Å². The van der Waals surface area contributed by atoms with Crippen molar-refractivity contribution in [2.45, 2.75) is 27.7 Å². The van der Waals surface area contributed by atoms with E-state index in [4.69, 9.17) is 0 Å². The van der Waals surface area contributed by atoms with Crippen molar-refractivity contribution in [1.82, 2.24) is 9.55 Å². The molecular formula is C10H16N2O. The summed E-state index contributed by atoms with van der Waals surface area (Å²) in [7, 11) is 1.86. The Morgan fingerprint density at radius 1 is 1.46 bits per heavy atom. The molecule has 13 heavy (non-hydrogen) atoms. The summed E-state index contributed by atoms with van der Waals surface area (Å²) >= 11 is 0. The van der Waals surface area contributed by atoms with E-state index in [1.54, 1.807) is 6.20 Å². The minimum atomic E-state index is -0.333. The highest BCUT2D eigenvalue weighted by Crippen LogP contribution is 2.20. The molecule has 1 rings (SSSR count).